The Labute approximate surface area is 180 Å². The third-order valence-corrected chi connectivity index (χ3v) is 5.31. The summed E-state index contributed by atoms with van der Waals surface area (Å²) in [7, 11) is 0. The maximum absolute atomic E-state index is 12.6. The predicted molar refractivity (Wildman–Crippen MR) is 121 cm³/mol. The van der Waals surface area contributed by atoms with E-state index in [4.69, 9.17) is 0 Å². The molecule has 0 aliphatic rings. The van der Waals surface area contributed by atoms with Crippen molar-refractivity contribution in [2.75, 3.05) is 0 Å². The van der Waals surface area contributed by atoms with Gasteiger partial charge in [0, 0.05) is 17.6 Å². The van der Waals surface area contributed by atoms with Crippen LogP contribution in [0, 0.1) is 6.92 Å². The van der Waals surface area contributed by atoms with Gasteiger partial charge in [-0.15, -0.1) is 11.3 Å². The Balaban J connectivity index is 1.77. The lowest BCUT2D eigenvalue weighted by Gasteiger charge is -2.22. The highest BCUT2D eigenvalue weighted by atomic mass is 32.1. The molecule has 1 aromatic carbocycles. The fraction of sp³-hybridized carbons (Fsp3) is 0.261. The number of aliphatic hydroxyl groups is 1. The Bertz CT molecular complexity index is 1060. The van der Waals surface area contributed by atoms with Crippen molar-refractivity contribution >= 4 is 11.3 Å². The van der Waals surface area contributed by atoms with Crippen molar-refractivity contribution in [1.29, 1.82) is 0 Å². The number of hydrogen-bond donors (Lipinski definition) is 3. The normalized spacial score (nSPS) is 13.8. The third kappa shape index (κ3) is 5.82. The maximum Gasteiger partial charge on any atom is 0.258 e. The van der Waals surface area contributed by atoms with E-state index in [1.807, 2.05) is 60.9 Å². The zero-order chi connectivity index (χ0) is 21.3. The number of thiazole rings is 1. The first-order chi connectivity index (χ1) is 14.6. The van der Waals surface area contributed by atoms with Crippen LogP contribution in [0.15, 0.2) is 71.0 Å². The number of benzene rings is 1. The number of allylic oxidation sites excluding steroid dienone is 3. The van der Waals surface area contributed by atoms with E-state index in [0.717, 1.165) is 17.0 Å². The summed E-state index contributed by atoms with van der Waals surface area (Å²) in [5, 5.41) is 16.6. The van der Waals surface area contributed by atoms with E-state index in [2.05, 4.69) is 33.3 Å². The molecule has 2 heterocycles. The number of aryl methyl sites for hydroxylation is 1. The molecule has 6 nitrogen and oxygen atoms in total. The summed E-state index contributed by atoms with van der Waals surface area (Å²) in [5.74, 6) is 0.394. The summed E-state index contributed by atoms with van der Waals surface area (Å²) >= 11 is 1.49. The molecule has 0 radical (unpaired) electrons. The molecule has 0 fully saturated rings. The average Bonchev–Trinajstić information content (AvgIpc) is 3.19. The van der Waals surface area contributed by atoms with Gasteiger partial charge in [0.25, 0.3) is 5.56 Å². The Morgan fingerprint density at radius 2 is 2.00 bits per heavy atom. The summed E-state index contributed by atoms with van der Waals surface area (Å²) in [6.45, 7) is 3.98. The molecule has 3 rings (SSSR count). The van der Waals surface area contributed by atoms with Gasteiger partial charge in [0.1, 0.15) is 11.9 Å². The number of hydrogen-bond acceptors (Lipinski definition) is 6. The van der Waals surface area contributed by atoms with Crippen LogP contribution in [0.1, 0.15) is 48.2 Å². The van der Waals surface area contributed by atoms with Crippen molar-refractivity contribution in [3.05, 3.63) is 92.7 Å². The van der Waals surface area contributed by atoms with Crippen LogP contribution in [-0.4, -0.2) is 20.1 Å². The van der Waals surface area contributed by atoms with Crippen LogP contribution in [0.3, 0.4) is 0 Å². The lowest BCUT2D eigenvalue weighted by Crippen LogP contribution is -2.31. The van der Waals surface area contributed by atoms with Crippen LogP contribution >= 0.6 is 11.3 Å². The summed E-state index contributed by atoms with van der Waals surface area (Å²) in [6.07, 6.45) is 10.0. The second-order valence-corrected chi connectivity index (χ2v) is 7.86. The zero-order valence-electron chi connectivity index (χ0n) is 17.1. The van der Waals surface area contributed by atoms with E-state index >= 15 is 0 Å². The van der Waals surface area contributed by atoms with E-state index in [1.54, 1.807) is 0 Å². The fourth-order valence-corrected chi connectivity index (χ4v) is 3.57. The van der Waals surface area contributed by atoms with E-state index < -0.39 is 6.23 Å². The summed E-state index contributed by atoms with van der Waals surface area (Å²) in [5.41, 5.74) is 1.43. The van der Waals surface area contributed by atoms with Crippen LogP contribution in [0.4, 0.5) is 0 Å². The second kappa shape index (κ2) is 10.8. The number of aromatic amines is 1. The van der Waals surface area contributed by atoms with Crippen LogP contribution in [0.5, 0.6) is 0 Å². The highest BCUT2D eigenvalue weighted by molar-refractivity contribution is 7.09. The molecule has 0 aliphatic heterocycles. The molecule has 2 atom stereocenters. The molecule has 0 bridgehead atoms. The lowest BCUT2D eigenvalue weighted by molar-refractivity contribution is 0.121. The van der Waals surface area contributed by atoms with Gasteiger partial charge in [-0.2, -0.15) is 0 Å². The van der Waals surface area contributed by atoms with Gasteiger partial charge in [0.15, 0.2) is 5.82 Å². The van der Waals surface area contributed by atoms with Gasteiger partial charge in [-0.05, 0) is 25.3 Å². The maximum atomic E-state index is 12.6. The second-order valence-electron chi connectivity index (χ2n) is 6.80. The van der Waals surface area contributed by atoms with Crippen LogP contribution < -0.4 is 10.9 Å². The van der Waals surface area contributed by atoms with E-state index in [1.165, 1.54) is 17.5 Å². The number of rotatable bonds is 9. The molecule has 0 saturated carbocycles. The number of nitrogens with zero attached hydrogens (tertiary/aromatic N) is 2. The predicted octanol–water partition coefficient (Wildman–Crippen LogP) is 4.44. The minimum atomic E-state index is -1.16. The summed E-state index contributed by atoms with van der Waals surface area (Å²) in [6, 6.07) is 9.69. The zero-order valence-corrected chi connectivity index (χ0v) is 17.9. The van der Waals surface area contributed by atoms with Crippen molar-refractivity contribution in [3.63, 3.8) is 0 Å². The molecular formula is C23H26N4O2S. The van der Waals surface area contributed by atoms with Gasteiger partial charge in [-0.1, -0.05) is 61.6 Å². The molecule has 2 aromatic heterocycles. The molecular weight excluding hydrogens is 396 g/mol. The fourth-order valence-electron chi connectivity index (χ4n) is 2.98. The molecule has 0 aliphatic carbocycles. The molecule has 7 heteroatoms. The minimum absolute atomic E-state index is 0.159. The average molecular weight is 423 g/mol. The molecule has 0 spiro atoms. The minimum Gasteiger partial charge on any atom is -0.374 e. The van der Waals surface area contributed by atoms with Gasteiger partial charge < -0.3 is 10.1 Å². The highest BCUT2D eigenvalue weighted by Crippen LogP contribution is 2.21. The molecule has 3 N–H and O–H groups in total. The van der Waals surface area contributed by atoms with Gasteiger partial charge >= 0.3 is 0 Å². The molecule has 0 amide bonds. The Hall–Kier alpha value is -2.87. The number of aliphatic hydroxyl groups excluding tert-OH is 1. The molecule has 30 heavy (non-hydrogen) atoms. The van der Waals surface area contributed by atoms with Gasteiger partial charge in [-0.25, -0.2) is 9.97 Å². The molecule has 2 unspecified atom stereocenters. The molecule has 156 valence electrons. The Morgan fingerprint density at radius 3 is 2.67 bits per heavy atom. The van der Waals surface area contributed by atoms with Crippen LogP contribution in [-0.2, 0) is 0 Å². The first-order valence-corrected chi connectivity index (χ1v) is 10.8. The number of nitrogens with one attached hydrogen (secondary N) is 2. The SMILES string of the molecule is CC/C=C\C=C/CC(NC(O)c1cnc(-c2csc(C)n2)[nH]c1=O)c1ccccc1. The molecule has 0 saturated heterocycles. The largest absolute Gasteiger partial charge is 0.374 e. The van der Waals surface area contributed by atoms with Gasteiger partial charge in [0.05, 0.1) is 10.6 Å². The van der Waals surface area contributed by atoms with E-state index in [9.17, 15) is 9.90 Å². The summed E-state index contributed by atoms with van der Waals surface area (Å²) in [4.78, 5) is 23.9. The van der Waals surface area contributed by atoms with Crippen LogP contribution in [0.2, 0.25) is 0 Å². The van der Waals surface area contributed by atoms with Gasteiger partial charge in [0.2, 0.25) is 0 Å². The summed E-state index contributed by atoms with van der Waals surface area (Å²) < 4.78 is 0. The monoisotopic (exact) mass is 422 g/mol. The first-order valence-electron chi connectivity index (χ1n) is 9.91. The number of aromatic nitrogens is 3. The first kappa shape index (κ1) is 21.8. The van der Waals surface area contributed by atoms with Crippen molar-refractivity contribution in [3.8, 4) is 11.5 Å². The highest BCUT2D eigenvalue weighted by Gasteiger charge is 2.19. The quantitative estimate of drug-likeness (QED) is 0.350. The Kier molecular flexibility index (Phi) is 7.84. The standard InChI is InChI=1S/C23H26N4O2S/c1-3-4-5-6-10-13-19(17-11-8-7-9-12-17)26-22(28)18-14-24-21(27-23(18)29)20-15-30-16(2)25-20/h4-12,14-15,19,22,26,28H,3,13H2,1-2H3,(H,24,27,29)/b5-4-,10-6-. The Morgan fingerprint density at radius 1 is 1.23 bits per heavy atom. The lowest BCUT2D eigenvalue weighted by atomic mass is 10.0. The number of H-pyrrole nitrogens is 1. The van der Waals surface area contributed by atoms with E-state index in [-0.39, 0.29) is 17.2 Å². The van der Waals surface area contributed by atoms with Crippen molar-refractivity contribution < 1.29 is 5.11 Å². The van der Waals surface area contributed by atoms with Gasteiger partial charge in [-0.3, -0.25) is 10.1 Å². The van der Waals surface area contributed by atoms with Crippen molar-refractivity contribution in [2.24, 2.45) is 0 Å². The topological polar surface area (TPSA) is 90.9 Å². The van der Waals surface area contributed by atoms with Crippen LogP contribution in [0.25, 0.3) is 11.5 Å². The van der Waals surface area contributed by atoms with Crippen molar-refractivity contribution in [2.45, 2.75) is 39.0 Å². The smallest absolute Gasteiger partial charge is 0.258 e. The molecule has 3 aromatic rings. The van der Waals surface area contributed by atoms with Crippen molar-refractivity contribution in [1.82, 2.24) is 20.3 Å². The van der Waals surface area contributed by atoms with E-state index in [0.29, 0.717) is 17.9 Å². The third-order valence-electron chi connectivity index (χ3n) is 4.53.